The number of carbonyl (C=O) groups is 1. The van der Waals surface area contributed by atoms with Crippen LogP contribution < -0.4 is 5.73 Å². The molecule has 0 spiro atoms. The number of amides is 1. The fourth-order valence-electron chi connectivity index (χ4n) is 4.05. The molecular weight excluding hydrogens is 358 g/mol. The largest absolute Gasteiger partial charge is 0.375 e. The summed E-state index contributed by atoms with van der Waals surface area (Å²) in [6.45, 7) is 3.23. The van der Waals surface area contributed by atoms with Gasteiger partial charge in [-0.2, -0.15) is 0 Å². The predicted octanol–water partition coefficient (Wildman–Crippen LogP) is 2.99. The van der Waals surface area contributed by atoms with Gasteiger partial charge in [-0.25, -0.2) is 9.97 Å². The summed E-state index contributed by atoms with van der Waals surface area (Å²) in [6, 6.07) is 10.4. The molecular formula is C20H23N5OS. The van der Waals surface area contributed by atoms with Crippen molar-refractivity contribution in [3.05, 3.63) is 64.7 Å². The van der Waals surface area contributed by atoms with Crippen LogP contribution in [0.3, 0.4) is 0 Å². The zero-order valence-corrected chi connectivity index (χ0v) is 16.4. The van der Waals surface area contributed by atoms with Crippen LogP contribution in [-0.4, -0.2) is 38.4 Å². The van der Waals surface area contributed by atoms with Gasteiger partial charge in [-0.15, -0.1) is 11.3 Å². The highest BCUT2D eigenvalue weighted by Crippen LogP contribution is 2.42. The minimum Gasteiger partial charge on any atom is -0.375 e. The number of benzene rings is 1. The maximum Gasteiger partial charge on any atom is 0.272 e. The molecule has 7 heteroatoms. The van der Waals surface area contributed by atoms with Gasteiger partial charge in [0, 0.05) is 30.9 Å². The maximum atomic E-state index is 13.0. The topological polar surface area (TPSA) is 77.0 Å². The van der Waals surface area contributed by atoms with E-state index in [1.165, 1.54) is 16.9 Å². The van der Waals surface area contributed by atoms with Crippen molar-refractivity contribution in [3.63, 3.8) is 0 Å². The lowest BCUT2D eigenvalue weighted by Crippen LogP contribution is -2.46. The average Bonchev–Trinajstić information content (AvgIpc) is 3.27. The van der Waals surface area contributed by atoms with E-state index in [-0.39, 0.29) is 11.3 Å². The van der Waals surface area contributed by atoms with Crippen LogP contribution in [-0.2, 0) is 12.5 Å². The van der Waals surface area contributed by atoms with E-state index in [0.717, 1.165) is 24.2 Å². The molecule has 0 unspecified atom stereocenters. The first-order valence-corrected chi connectivity index (χ1v) is 9.93. The summed E-state index contributed by atoms with van der Waals surface area (Å²) >= 11 is 1.47. The minimum atomic E-state index is -0.201. The first-order valence-electron chi connectivity index (χ1n) is 9.05. The Balaban J connectivity index is 1.63. The molecule has 1 aliphatic heterocycles. The van der Waals surface area contributed by atoms with Crippen molar-refractivity contribution in [3.8, 4) is 0 Å². The molecule has 4 rings (SSSR count). The van der Waals surface area contributed by atoms with Crippen LogP contribution in [0.25, 0.3) is 0 Å². The zero-order valence-electron chi connectivity index (χ0n) is 15.6. The van der Waals surface area contributed by atoms with Gasteiger partial charge in [0.2, 0.25) is 0 Å². The Hall–Kier alpha value is -2.67. The second-order valence-electron chi connectivity index (χ2n) is 7.10. The lowest BCUT2D eigenvalue weighted by atomic mass is 9.70. The van der Waals surface area contributed by atoms with Crippen LogP contribution in [0.1, 0.15) is 40.3 Å². The smallest absolute Gasteiger partial charge is 0.272 e. The molecule has 6 nitrogen and oxygen atoms in total. The summed E-state index contributed by atoms with van der Waals surface area (Å²) in [4.78, 5) is 23.8. The van der Waals surface area contributed by atoms with Gasteiger partial charge in [0.1, 0.15) is 5.69 Å². The summed E-state index contributed by atoms with van der Waals surface area (Å²) < 4.78 is 1.80. The van der Waals surface area contributed by atoms with E-state index in [1.54, 1.807) is 10.9 Å². The maximum absolute atomic E-state index is 13.0. The first-order chi connectivity index (χ1) is 13.0. The van der Waals surface area contributed by atoms with Gasteiger partial charge < -0.3 is 15.2 Å². The number of hydrogen-bond acceptors (Lipinski definition) is 5. The molecule has 1 amide bonds. The van der Waals surface area contributed by atoms with Crippen LogP contribution in [0, 0.1) is 6.92 Å². The Kier molecular flexibility index (Phi) is 4.47. The Morgan fingerprint density at radius 1 is 1.22 bits per heavy atom. The molecule has 0 bridgehead atoms. The van der Waals surface area contributed by atoms with Crippen LogP contribution in [0.2, 0.25) is 0 Å². The third-order valence-corrected chi connectivity index (χ3v) is 6.24. The second-order valence-corrected chi connectivity index (χ2v) is 7.99. The Morgan fingerprint density at radius 3 is 2.48 bits per heavy atom. The number of nitrogens with zero attached hydrogens (tertiary/aromatic N) is 4. The normalized spacial score (nSPS) is 16.4. The Bertz CT molecular complexity index is 934. The molecule has 27 heavy (non-hydrogen) atoms. The van der Waals surface area contributed by atoms with E-state index < -0.39 is 0 Å². The molecule has 3 heterocycles. The lowest BCUT2D eigenvalue weighted by Gasteiger charge is -2.41. The van der Waals surface area contributed by atoms with Gasteiger partial charge in [0.15, 0.2) is 5.13 Å². The number of nitrogens with two attached hydrogens (primary N) is 1. The van der Waals surface area contributed by atoms with Crippen molar-refractivity contribution in [2.24, 2.45) is 7.05 Å². The van der Waals surface area contributed by atoms with E-state index in [2.05, 4.69) is 39.6 Å². The van der Waals surface area contributed by atoms with E-state index in [1.807, 2.05) is 24.9 Å². The van der Waals surface area contributed by atoms with Crippen LogP contribution in [0.4, 0.5) is 5.13 Å². The highest BCUT2D eigenvalue weighted by molar-refractivity contribution is 7.13. The standard InChI is InChI=1S/C20H23N5OS/c1-14-17(24(2)13-22-14)18(26)25-10-8-20(9-11-25,15-6-4-3-5-7-15)16-12-27-19(21)23-16/h3-7,12-13H,8-11H2,1-2H3,(H2,21,23). The fraction of sp³-hybridized carbons (Fsp3) is 0.350. The third kappa shape index (κ3) is 3.02. The molecule has 1 fully saturated rings. The van der Waals surface area contributed by atoms with Gasteiger partial charge in [-0.3, -0.25) is 4.79 Å². The van der Waals surface area contributed by atoms with E-state index in [0.29, 0.717) is 23.9 Å². The van der Waals surface area contributed by atoms with Crippen molar-refractivity contribution in [2.75, 3.05) is 18.8 Å². The molecule has 0 saturated carbocycles. The second kappa shape index (κ2) is 6.81. The number of piperidine rings is 1. The summed E-state index contributed by atoms with van der Waals surface area (Å²) in [7, 11) is 1.86. The molecule has 3 aromatic rings. The van der Waals surface area contributed by atoms with Crippen molar-refractivity contribution < 1.29 is 4.79 Å². The number of carbonyl (C=O) groups excluding carboxylic acids is 1. The number of rotatable bonds is 3. The molecule has 1 aliphatic rings. The molecule has 0 atom stereocenters. The molecule has 140 valence electrons. The fourth-order valence-corrected chi connectivity index (χ4v) is 4.71. The molecule has 1 aromatic carbocycles. The summed E-state index contributed by atoms with van der Waals surface area (Å²) in [6.07, 6.45) is 3.34. The minimum absolute atomic E-state index is 0.0481. The number of aromatic nitrogens is 3. The number of hydrogen-bond donors (Lipinski definition) is 1. The number of likely N-dealkylation sites (tertiary alicyclic amines) is 1. The molecule has 0 aliphatic carbocycles. The van der Waals surface area contributed by atoms with Crippen LogP contribution in [0.5, 0.6) is 0 Å². The predicted molar refractivity (Wildman–Crippen MR) is 107 cm³/mol. The van der Waals surface area contributed by atoms with E-state index in [4.69, 9.17) is 5.73 Å². The van der Waals surface area contributed by atoms with Crippen molar-refractivity contribution in [2.45, 2.75) is 25.2 Å². The highest BCUT2D eigenvalue weighted by atomic mass is 32.1. The van der Waals surface area contributed by atoms with E-state index >= 15 is 0 Å². The van der Waals surface area contributed by atoms with Gasteiger partial charge in [-0.1, -0.05) is 30.3 Å². The Labute approximate surface area is 162 Å². The van der Waals surface area contributed by atoms with Crippen molar-refractivity contribution >= 4 is 22.4 Å². The highest BCUT2D eigenvalue weighted by Gasteiger charge is 2.41. The lowest BCUT2D eigenvalue weighted by molar-refractivity contribution is 0.0673. The number of anilines is 1. The number of aryl methyl sites for hydroxylation is 2. The molecule has 2 N–H and O–H groups in total. The van der Waals surface area contributed by atoms with Crippen molar-refractivity contribution in [1.29, 1.82) is 0 Å². The number of imidazole rings is 1. The van der Waals surface area contributed by atoms with Gasteiger partial charge in [0.25, 0.3) is 5.91 Å². The number of nitrogen functional groups attached to an aromatic ring is 1. The summed E-state index contributed by atoms with van der Waals surface area (Å²) in [5.74, 6) is 0.0481. The summed E-state index contributed by atoms with van der Waals surface area (Å²) in [5, 5.41) is 2.65. The van der Waals surface area contributed by atoms with Crippen LogP contribution >= 0.6 is 11.3 Å². The zero-order chi connectivity index (χ0) is 19.0. The Morgan fingerprint density at radius 2 is 1.93 bits per heavy atom. The third-order valence-electron chi connectivity index (χ3n) is 5.57. The summed E-state index contributed by atoms with van der Waals surface area (Å²) in [5.41, 5.74) is 9.42. The number of thiazole rings is 1. The van der Waals surface area contributed by atoms with Crippen LogP contribution in [0.15, 0.2) is 42.0 Å². The van der Waals surface area contributed by atoms with Crippen molar-refractivity contribution in [1.82, 2.24) is 19.4 Å². The van der Waals surface area contributed by atoms with Gasteiger partial charge in [0.05, 0.1) is 17.7 Å². The molecule has 2 aromatic heterocycles. The van der Waals surface area contributed by atoms with Gasteiger partial charge >= 0.3 is 0 Å². The monoisotopic (exact) mass is 381 g/mol. The van der Waals surface area contributed by atoms with Gasteiger partial charge in [-0.05, 0) is 25.3 Å². The SMILES string of the molecule is Cc1ncn(C)c1C(=O)N1CCC(c2ccccc2)(c2csc(N)n2)CC1. The quantitative estimate of drug-likeness (QED) is 0.757. The average molecular weight is 382 g/mol. The molecule has 1 saturated heterocycles. The van der Waals surface area contributed by atoms with E-state index in [9.17, 15) is 4.79 Å². The first kappa shape index (κ1) is 17.7. The molecule has 0 radical (unpaired) electrons.